The van der Waals surface area contributed by atoms with Crippen molar-refractivity contribution >= 4 is 23.4 Å². The summed E-state index contributed by atoms with van der Waals surface area (Å²) in [6.07, 6.45) is 1.96. The maximum absolute atomic E-state index is 14.1. The number of hydrogen-bond acceptors (Lipinski definition) is 9. The molecule has 2 bridgehead atoms. The van der Waals surface area contributed by atoms with Crippen molar-refractivity contribution in [2.45, 2.75) is 114 Å². The molecule has 0 amide bonds. The Kier molecular flexibility index (Phi) is 5.85. The van der Waals surface area contributed by atoms with Gasteiger partial charge in [-0.3, -0.25) is 14.4 Å². The Morgan fingerprint density at radius 2 is 1.83 bits per heavy atom. The number of fused-ring (bicyclic) bond motifs is 4. The van der Waals surface area contributed by atoms with E-state index in [0.717, 1.165) is 5.56 Å². The van der Waals surface area contributed by atoms with E-state index in [1.54, 1.807) is 13.8 Å². The highest BCUT2D eigenvalue weighted by atomic mass is 16.8. The molecule has 6 aliphatic rings. The van der Waals surface area contributed by atoms with Crippen molar-refractivity contribution in [1.82, 2.24) is 0 Å². The van der Waals surface area contributed by atoms with Gasteiger partial charge < -0.3 is 24.1 Å². The van der Waals surface area contributed by atoms with Gasteiger partial charge in [-0.1, -0.05) is 32.0 Å². The summed E-state index contributed by atoms with van der Waals surface area (Å²) >= 11 is 0. The van der Waals surface area contributed by atoms with E-state index in [-0.39, 0.29) is 29.8 Å². The molecule has 1 aromatic carbocycles. The normalized spacial score (nSPS) is 46.3. The summed E-state index contributed by atoms with van der Waals surface area (Å²) in [5.41, 5.74) is -3.65. The fourth-order valence-corrected chi connectivity index (χ4v) is 10.5. The number of aliphatic hydroxyl groups is 1. The number of hydrogen-bond donors (Lipinski definition) is 1. The molecule has 0 radical (unpaired) electrons. The highest BCUT2D eigenvalue weighted by molar-refractivity contribution is 5.96. The zero-order chi connectivity index (χ0) is 29.9. The van der Waals surface area contributed by atoms with Gasteiger partial charge in [0.15, 0.2) is 18.0 Å². The van der Waals surface area contributed by atoms with Crippen LogP contribution in [0.25, 0.3) is 0 Å². The van der Waals surface area contributed by atoms with E-state index in [9.17, 15) is 19.5 Å². The Morgan fingerprint density at radius 3 is 2.55 bits per heavy atom. The minimum atomic E-state index is -1.38. The molecule has 4 aliphatic carbocycles. The van der Waals surface area contributed by atoms with Crippen molar-refractivity contribution in [3.8, 4) is 0 Å². The van der Waals surface area contributed by atoms with E-state index in [0.29, 0.717) is 44.4 Å². The molecular weight excluding hydrogens is 538 g/mol. The van der Waals surface area contributed by atoms with Gasteiger partial charge in [0, 0.05) is 36.2 Å². The molecule has 0 aromatic heterocycles. The first-order valence-electron chi connectivity index (χ1n) is 15.3. The second-order valence-corrected chi connectivity index (χ2v) is 14.4. The molecule has 5 fully saturated rings. The molecular formula is C33H41NO8. The van der Waals surface area contributed by atoms with Crippen molar-refractivity contribution in [3.05, 3.63) is 35.9 Å². The lowest BCUT2D eigenvalue weighted by Crippen LogP contribution is -2.79. The zero-order valence-electron chi connectivity index (χ0n) is 25.1. The summed E-state index contributed by atoms with van der Waals surface area (Å²) in [5, 5.41) is 12.6. The third-order valence-corrected chi connectivity index (χ3v) is 12.2. The predicted octanol–water partition coefficient (Wildman–Crippen LogP) is 3.92. The van der Waals surface area contributed by atoms with Gasteiger partial charge >= 0.3 is 5.97 Å². The van der Waals surface area contributed by atoms with E-state index >= 15 is 0 Å². The van der Waals surface area contributed by atoms with Crippen LogP contribution in [0, 0.1) is 22.7 Å². The van der Waals surface area contributed by atoms with Gasteiger partial charge in [0.2, 0.25) is 11.7 Å². The first-order valence-corrected chi connectivity index (χ1v) is 15.3. The number of carbonyl (C=O) groups excluding carboxylic acids is 3. The Bertz CT molecular complexity index is 1390. The number of aliphatic imine (C=N–C) groups is 1. The topological polar surface area (TPSA) is 121 Å². The van der Waals surface area contributed by atoms with Crippen molar-refractivity contribution in [2.24, 2.45) is 27.7 Å². The second-order valence-electron chi connectivity index (χ2n) is 14.4. The van der Waals surface area contributed by atoms with Gasteiger partial charge in [0.25, 0.3) is 0 Å². The highest BCUT2D eigenvalue weighted by Gasteiger charge is 2.83. The van der Waals surface area contributed by atoms with Crippen LogP contribution in [0.2, 0.25) is 0 Å². The number of ketones is 2. The van der Waals surface area contributed by atoms with Crippen LogP contribution in [0.3, 0.4) is 0 Å². The van der Waals surface area contributed by atoms with Crippen LogP contribution >= 0.6 is 0 Å². The molecule has 9 heteroatoms. The molecule has 2 aliphatic heterocycles. The van der Waals surface area contributed by atoms with Crippen LogP contribution in [0.5, 0.6) is 0 Å². The Morgan fingerprint density at radius 1 is 1.10 bits per heavy atom. The maximum atomic E-state index is 14.1. The standard InChI is InChI=1S/C33H41NO8/c1-19(35)39-18-25(38)33-26(40-28(2,3)42-33)15-23-22-12-14-31-16-21(36)11-13-30(31,5)32(22,24(37)17-29(23,33)4)34-27(41-31)20-9-7-6-8-10-20/h6-10,22-24,26,37H,11-18H2,1-5H3/t22-,23-,24-,26+,29-,30-,31+,32-,33+/m0/s1. The Labute approximate surface area is 246 Å². The summed E-state index contributed by atoms with van der Waals surface area (Å²) in [4.78, 5) is 44.2. The molecule has 2 heterocycles. The minimum absolute atomic E-state index is 0.0744. The van der Waals surface area contributed by atoms with Crippen molar-refractivity contribution < 1.29 is 38.4 Å². The summed E-state index contributed by atoms with van der Waals surface area (Å²) < 4.78 is 25.1. The van der Waals surface area contributed by atoms with Crippen LogP contribution in [-0.4, -0.2) is 69.9 Å². The van der Waals surface area contributed by atoms with Gasteiger partial charge in [-0.15, -0.1) is 0 Å². The number of carbonyl (C=O) groups is 3. The van der Waals surface area contributed by atoms with E-state index in [4.69, 9.17) is 23.9 Å². The number of benzene rings is 1. The van der Waals surface area contributed by atoms with Crippen LogP contribution in [0.15, 0.2) is 35.3 Å². The Balaban J connectivity index is 1.39. The lowest BCUT2D eigenvalue weighted by molar-refractivity contribution is -0.267. The van der Waals surface area contributed by atoms with E-state index in [1.807, 2.05) is 37.3 Å². The van der Waals surface area contributed by atoms with Gasteiger partial charge in [-0.05, 0) is 69.9 Å². The number of esters is 1. The lowest BCUT2D eigenvalue weighted by atomic mass is 9.38. The largest absolute Gasteiger partial charge is 0.470 e. The van der Waals surface area contributed by atoms with Gasteiger partial charge in [-0.2, -0.15) is 0 Å². The summed E-state index contributed by atoms with van der Waals surface area (Å²) in [5.74, 6) is -1.41. The molecule has 1 saturated heterocycles. The molecule has 7 rings (SSSR count). The molecule has 0 unspecified atom stereocenters. The molecule has 42 heavy (non-hydrogen) atoms. The quantitative estimate of drug-likeness (QED) is 0.533. The first kappa shape index (κ1) is 28.2. The van der Waals surface area contributed by atoms with E-state index in [2.05, 4.69) is 6.92 Å². The van der Waals surface area contributed by atoms with Crippen LogP contribution in [-0.2, 0) is 33.3 Å². The van der Waals surface area contributed by atoms with E-state index in [1.165, 1.54) is 6.92 Å². The molecule has 1 aromatic rings. The van der Waals surface area contributed by atoms with Gasteiger partial charge in [0.1, 0.15) is 16.9 Å². The zero-order valence-corrected chi connectivity index (χ0v) is 25.1. The number of ether oxygens (including phenoxy) is 4. The number of aliphatic hydroxyl groups excluding tert-OH is 1. The number of Topliss-reactive ketones (excluding diaryl/α,β-unsaturated/α-hetero) is 2. The lowest BCUT2D eigenvalue weighted by Gasteiger charge is -2.71. The van der Waals surface area contributed by atoms with Crippen molar-refractivity contribution in [3.63, 3.8) is 0 Å². The molecule has 4 saturated carbocycles. The third kappa shape index (κ3) is 3.30. The fraction of sp³-hybridized carbons (Fsp3) is 0.697. The minimum Gasteiger partial charge on any atom is -0.470 e. The fourth-order valence-electron chi connectivity index (χ4n) is 10.5. The Hall–Kier alpha value is -2.62. The SMILES string of the molecule is CC(=O)OCC(=O)[C@@]12OC(C)(C)O[C@@H]1C[C@H]1[C@@H]3CC[C@@]45CC(=O)CC[C@]4(C)[C@@]3(N=C(c3ccccc3)O5)[C@@H](O)C[C@@]12C. The third-order valence-electron chi connectivity index (χ3n) is 12.2. The van der Waals surface area contributed by atoms with Crippen molar-refractivity contribution in [2.75, 3.05) is 6.61 Å². The summed E-state index contributed by atoms with van der Waals surface area (Å²) in [6.45, 7) is 8.68. The molecule has 1 spiro atoms. The summed E-state index contributed by atoms with van der Waals surface area (Å²) in [6, 6.07) is 9.72. The monoisotopic (exact) mass is 579 g/mol. The number of rotatable bonds is 4. The van der Waals surface area contributed by atoms with Crippen LogP contribution < -0.4 is 0 Å². The molecule has 1 N–H and O–H groups in total. The molecule has 9 atom stereocenters. The molecule has 226 valence electrons. The predicted molar refractivity (Wildman–Crippen MR) is 150 cm³/mol. The van der Waals surface area contributed by atoms with Crippen LogP contribution in [0.4, 0.5) is 0 Å². The van der Waals surface area contributed by atoms with E-state index < -0.39 is 58.1 Å². The van der Waals surface area contributed by atoms with Gasteiger partial charge in [0.05, 0.1) is 12.2 Å². The van der Waals surface area contributed by atoms with Crippen molar-refractivity contribution in [1.29, 1.82) is 0 Å². The first-order chi connectivity index (χ1) is 19.7. The smallest absolute Gasteiger partial charge is 0.303 e. The summed E-state index contributed by atoms with van der Waals surface area (Å²) in [7, 11) is 0. The highest BCUT2D eigenvalue weighted by Crippen LogP contribution is 2.75. The average molecular weight is 580 g/mol. The molecule has 9 nitrogen and oxygen atoms in total. The second kappa shape index (κ2) is 8.73. The van der Waals surface area contributed by atoms with Crippen LogP contribution in [0.1, 0.15) is 85.1 Å². The number of nitrogens with zero attached hydrogens (tertiary/aromatic N) is 1. The van der Waals surface area contributed by atoms with Gasteiger partial charge in [-0.25, -0.2) is 4.99 Å². The average Bonchev–Trinajstić information content (AvgIpc) is 3.33. The maximum Gasteiger partial charge on any atom is 0.303 e.